The highest BCUT2D eigenvalue weighted by Crippen LogP contribution is 2.43. The number of carbonyl (C=O) groups is 2. The van der Waals surface area contributed by atoms with Crippen molar-refractivity contribution in [3.63, 3.8) is 0 Å². The fraction of sp³-hybridized carbons (Fsp3) is 0.634. The Hall–Kier alpha value is -4.11. The molecule has 0 aromatic heterocycles. The van der Waals surface area contributed by atoms with Crippen LogP contribution in [0.25, 0.3) is 0 Å². The number of unbranched alkanes of at least 4 members (excludes halogenated alkanes) is 19. The van der Waals surface area contributed by atoms with Gasteiger partial charge < -0.3 is 18.9 Å². The average Bonchev–Trinajstić information content (AvgIpc) is 3.43. The molecule has 0 saturated carbocycles. The molecule has 1 N–H and O–H groups in total. The van der Waals surface area contributed by atoms with Crippen molar-refractivity contribution in [2.75, 3.05) is 47.5 Å². The number of hydrogen-bond acceptors (Lipinski definition) is 7. The Labute approximate surface area is 497 Å². The van der Waals surface area contributed by atoms with Crippen LogP contribution >= 0.6 is 7.82 Å². The maximum Gasteiger partial charge on any atom is 0.472 e. The summed E-state index contributed by atoms with van der Waals surface area (Å²) in [7, 11) is 1.45. The molecule has 9 nitrogen and oxygen atoms in total. The number of quaternary nitrogens is 1. The Morgan fingerprint density at radius 2 is 0.704 bits per heavy atom. The molecule has 2 unspecified atom stereocenters. The number of ether oxygens (including phenoxy) is 2. The lowest BCUT2D eigenvalue weighted by Crippen LogP contribution is -2.37. The van der Waals surface area contributed by atoms with Gasteiger partial charge in [-0.1, -0.05) is 250 Å². The van der Waals surface area contributed by atoms with Crippen LogP contribution in [0.2, 0.25) is 0 Å². The van der Waals surface area contributed by atoms with Crippen LogP contribution in [-0.4, -0.2) is 74.9 Å². The Morgan fingerprint density at radius 1 is 0.395 bits per heavy atom. The van der Waals surface area contributed by atoms with Gasteiger partial charge in [-0.05, 0) is 122 Å². The predicted octanol–water partition coefficient (Wildman–Crippen LogP) is 20.6. The summed E-state index contributed by atoms with van der Waals surface area (Å²) in [5.41, 5.74) is 0. The van der Waals surface area contributed by atoms with Gasteiger partial charge in [0, 0.05) is 12.8 Å². The second-order valence-electron chi connectivity index (χ2n) is 22.1. The van der Waals surface area contributed by atoms with Gasteiger partial charge in [-0.2, -0.15) is 0 Å². The van der Waals surface area contributed by atoms with Crippen molar-refractivity contribution in [2.24, 2.45) is 0 Å². The van der Waals surface area contributed by atoms with Gasteiger partial charge in [-0.25, -0.2) is 4.57 Å². The highest BCUT2D eigenvalue weighted by molar-refractivity contribution is 7.47. The molecule has 460 valence electrons. The minimum atomic E-state index is -4.40. The van der Waals surface area contributed by atoms with E-state index in [4.69, 9.17) is 18.5 Å². The molecule has 0 heterocycles. The average molecular weight is 1150 g/mol. The lowest BCUT2D eigenvalue weighted by atomic mass is 10.1. The fourth-order valence-corrected chi connectivity index (χ4v) is 8.93. The van der Waals surface area contributed by atoms with Crippen LogP contribution < -0.4 is 0 Å². The van der Waals surface area contributed by atoms with Crippen molar-refractivity contribution >= 4 is 19.8 Å². The van der Waals surface area contributed by atoms with Gasteiger partial charge in [-0.15, -0.1) is 0 Å². The number of hydrogen-bond donors (Lipinski definition) is 1. The van der Waals surface area contributed by atoms with E-state index in [1.54, 1.807) is 0 Å². The molecular formula is C71H119NO8P+. The molecule has 81 heavy (non-hydrogen) atoms. The Bertz CT molecular complexity index is 1880. The van der Waals surface area contributed by atoms with E-state index >= 15 is 0 Å². The van der Waals surface area contributed by atoms with Crippen LogP contribution in [0.15, 0.2) is 146 Å². The summed E-state index contributed by atoms with van der Waals surface area (Å²) in [5.74, 6) is -0.827. The van der Waals surface area contributed by atoms with Crippen LogP contribution in [0.4, 0.5) is 0 Å². The van der Waals surface area contributed by atoms with E-state index in [0.717, 1.165) is 135 Å². The fourth-order valence-electron chi connectivity index (χ4n) is 8.19. The first kappa shape index (κ1) is 76.9. The first-order valence-electron chi connectivity index (χ1n) is 32.1. The van der Waals surface area contributed by atoms with Crippen molar-refractivity contribution in [2.45, 2.75) is 245 Å². The molecule has 0 aliphatic carbocycles. The first-order chi connectivity index (χ1) is 39.5. The van der Waals surface area contributed by atoms with Crippen molar-refractivity contribution in [1.82, 2.24) is 0 Å². The van der Waals surface area contributed by atoms with Gasteiger partial charge in [0.1, 0.15) is 19.8 Å². The van der Waals surface area contributed by atoms with Crippen LogP contribution in [0.1, 0.15) is 239 Å². The molecule has 2 atom stereocenters. The van der Waals surface area contributed by atoms with E-state index in [1.165, 1.54) is 70.6 Å². The topological polar surface area (TPSA) is 108 Å². The molecule has 0 amide bonds. The molecule has 0 spiro atoms. The minimum absolute atomic E-state index is 0.0214. The number of esters is 2. The summed E-state index contributed by atoms with van der Waals surface area (Å²) in [6.45, 7) is 4.28. The molecule has 10 heteroatoms. The molecule has 0 fully saturated rings. The summed E-state index contributed by atoms with van der Waals surface area (Å²) >= 11 is 0. The molecule has 0 aromatic carbocycles. The van der Waals surface area contributed by atoms with Crippen molar-refractivity contribution in [3.8, 4) is 0 Å². The molecule has 0 radical (unpaired) electrons. The predicted molar refractivity (Wildman–Crippen MR) is 348 cm³/mol. The third kappa shape index (κ3) is 64.9. The van der Waals surface area contributed by atoms with Crippen LogP contribution in [0.5, 0.6) is 0 Å². The van der Waals surface area contributed by atoms with Crippen molar-refractivity contribution in [3.05, 3.63) is 146 Å². The van der Waals surface area contributed by atoms with E-state index in [0.29, 0.717) is 17.4 Å². The number of rotatable bonds is 57. The van der Waals surface area contributed by atoms with E-state index in [2.05, 4.69) is 160 Å². The standard InChI is InChI=1S/C71H118NO8P/c1-6-8-10-12-14-16-18-20-22-24-25-26-27-28-29-30-31-32-33-34-35-36-37-38-39-40-41-42-43-44-45-46-47-48-50-52-54-56-58-60-62-64-71(74)80-69(68-79-81(75,76)78-66-65-72(3,4)5)67-77-70(73)63-61-59-57-55-53-51-49-23-21-19-17-15-13-11-9-7-2/h8,10,14,16,20,22-23,25-26,28-29,31-32,34-35,37-38,40-41,43-44,46-47,49,69H,6-7,9,11-13,15,17-19,21,24,27,30,33,36,39,42,45,48,50-68H2,1-5H3/p+1/b10-8-,16-14-,22-20-,26-25-,29-28-,32-31-,35-34-,38-37-,41-40-,44-43-,47-46-,49-23-. The smallest absolute Gasteiger partial charge is 0.462 e. The maximum atomic E-state index is 12.8. The second kappa shape index (κ2) is 60.5. The van der Waals surface area contributed by atoms with Gasteiger partial charge in [0.15, 0.2) is 6.10 Å². The lowest BCUT2D eigenvalue weighted by Gasteiger charge is -2.24. The largest absolute Gasteiger partial charge is 0.472 e. The number of phosphoric acid groups is 1. The number of phosphoric ester groups is 1. The van der Waals surface area contributed by atoms with Crippen molar-refractivity contribution < 1.29 is 42.1 Å². The molecule has 0 saturated heterocycles. The van der Waals surface area contributed by atoms with Gasteiger partial charge in [-0.3, -0.25) is 18.6 Å². The number of allylic oxidation sites excluding steroid dienone is 24. The summed E-state index contributed by atoms with van der Waals surface area (Å²) in [4.78, 5) is 35.7. The lowest BCUT2D eigenvalue weighted by molar-refractivity contribution is -0.870. The zero-order valence-corrected chi connectivity index (χ0v) is 53.1. The van der Waals surface area contributed by atoms with Crippen LogP contribution in [0.3, 0.4) is 0 Å². The molecule has 0 aliphatic rings. The third-order valence-electron chi connectivity index (χ3n) is 13.1. The number of carbonyl (C=O) groups excluding carboxylic acids is 2. The summed E-state index contributed by atoms with van der Waals surface area (Å²) in [6, 6.07) is 0. The third-order valence-corrected chi connectivity index (χ3v) is 14.1. The Morgan fingerprint density at radius 3 is 1.06 bits per heavy atom. The molecule has 0 bridgehead atoms. The molecule has 0 rings (SSSR count). The SMILES string of the molecule is CC/C=C\C/C=C\C/C=C\C/C=C\C/C=C\C/C=C\C/C=C\C/C=C\C/C=C\C/C=C\C/C=C\CCCCCCCCCC(=O)OC(COC(=O)CCCCCCC/C=C\CCCCCCCCC)COP(=O)(O)OCC[N+](C)(C)C. The monoisotopic (exact) mass is 1140 g/mol. The maximum absolute atomic E-state index is 12.8. The van der Waals surface area contributed by atoms with Crippen LogP contribution in [0, 0.1) is 0 Å². The zero-order valence-electron chi connectivity index (χ0n) is 52.2. The van der Waals surface area contributed by atoms with Crippen LogP contribution in [-0.2, 0) is 32.7 Å². The van der Waals surface area contributed by atoms with Gasteiger partial charge in [0.2, 0.25) is 0 Å². The van der Waals surface area contributed by atoms with Gasteiger partial charge in [0.25, 0.3) is 0 Å². The molecule has 0 aliphatic heterocycles. The normalized spacial score (nSPS) is 14.2. The minimum Gasteiger partial charge on any atom is -0.462 e. The highest BCUT2D eigenvalue weighted by atomic mass is 31.2. The summed E-state index contributed by atoms with van der Waals surface area (Å²) in [5, 5.41) is 0. The first-order valence-corrected chi connectivity index (χ1v) is 33.6. The molecular weight excluding hydrogens is 1030 g/mol. The zero-order chi connectivity index (χ0) is 59.1. The van der Waals surface area contributed by atoms with Crippen molar-refractivity contribution in [1.29, 1.82) is 0 Å². The van der Waals surface area contributed by atoms with E-state index < -0.39 is 26.5 Å². The highest BCUT2D eigenvalue weighted by Gasteiger charge is 2.27. The number of nitrogens with zero attached hydrogens (tertiary/aromatic N) is 1. The Balaban J connectivity index is 4.14. The summed E-state index contributed by atoms with van der Waals surface area (Å²) in [6.07, 6.45) is 89.3. The van der Waals surface area contributed by atoms with E-state index in [9.17, 15) is 19.0 Å². The van der Waals surface area contributed by atoms with Gasteiger partial charge >= 0.3 is 19.8 Å². The summed E-state index contributed by atoms with van der Waals surface area (Å²) < 4.78 is 34.6. The quantitative estimate of drug-likeness (QED) is 0.0211. The number of likely N-dealkylation sites (N-methyl/N-ethyl adjacent to an activating group) is 1. The second-order valence-corrected chi connectivity index (χ2v) is 23.5. The Kier molecular flexibility index (Phi) is 57.4. The molecule has 0 aromatic rings. The van der Waals surface area contributed by atoms with E-state index in [1.807, 2.05) is 21.1 Å². The van der Waals surface area contributed by atoms with E-state index in [-0.39, 0.29) is 32.0 Å². The van der Waals surface area contributed by atoms with Gasteiger partial charge in [0.05, 0.1) is 27.7 Å².